The van der Waals surface area contributed by atoms with Crippen molar-refractivity contribution in [3.63, 3.8) is 0 Å². The molecule has 17 heavy (non-hydrogen) atoms. The first kappa shape index (κ1) is 12.1. The van der Waals surface area contributed by atoms with Crippen molar-refractivity contribution < 1.29 is 0 Å². The molecule has 2 rings (SSSR count). The van der Waals surface area contributed by atoms with Gasteiger partial charge in [-0.1, -0.05) is 11.6 Å². The van der Waals surface area contributed by atoms with Crippen molar-refractivity contribution >= 4 is 11.6 Å². The first-order valence-electron chi connectivity index (χ1n) is 5.41. The highest BCUT2D eigenvalue weighted by molar-refractivity contribution is 6.31. The minimum absolute atomic E-state index is 0.178. The van der Waals surface area contributed by atoms with E-state index in [0.29, 0.717) is 11.4 Å². The van der Waals surface area contributed by atoms with Gasteiger partial charge in [-0.25, -0.2) is 4.98 Å². The van der Waals surface area contributed by atoms with Crippen LogP contribution < -0.4 is 5.73 Å². The molecule has 0 saturated carbocycles. The first-order valence-corrected chi connectivity index (χ1v) is 5.79. The summed E-state index contributed by atoms with van der Waals surface area (Å²) in [6.07, 6.45) is 4.25. The monoisotopic (exact) mass is 253 g/mol. The average molecular weight is 254 g/mol. The van der Waals surface area contributed by atoms with Crippen LogP contribution in [0.5, 0.6) is 0 Å². The molecule has 0 fully saturated rings. The zero-order chi connectivity index (χ0) is 12.6. The lowest BCUT2D eigenvalue weighted by atomic mass is 10.1. The minimum atomic E-state index is -0.178. The Balaban J connectivity index is 2.24. The van der Waals surface area contributed by atoms with Gasteiger partial charge in [0.05, 0.1) is 22.5 Å². The van der Waals surface area contributed by atoms with Crippen LogP contribution >= 0.6 is 11.6 Å². The van der Waals surface area contributed by atoms with E-state index in [1.807, 2.05) is 31.8 Å². The third kappa shape index (κ3) is 2.21. The molecule has 0 aliphatic heterocycles. The van der Waals surface area contributed by atoms with E-state index in [2.05, 4.69) is 10.1 Å². The van der Waals surface area contributed by atoms with Gasteiger partial charge in [0.25, 0.3) is 0 Å². The second-order valence-electron chi connectivity index (χ2n) is 4.18. The number of nitrogens with zero attached hydrogens (tertiary/aromatic N) is 4. The Kier molecular flexibility index (Phi) is 3.22. The average Bonchev–Trinajstić information content (AvgIpc) is 2.78. The van der Waals surface area contributed by atoms with E-state index < -0.39 is 0 Å². The lowest BCUT2D eigenvalue weighted by molar-refractivity contribution is 0.594. The van der Waals surface area contributed by atoms with Crippen LogP contribution in [0.1, 0.15) is 23.3 Å². The molecule has 6 heteroatoms. The SMILES string of the molecule is Cc1nn(C)c(CC(N)c2nccn2C)c1Cl. The van der Waals surface area contributed by atoms with Crippen LogP contribution in [0, 0.1) is 6.92 Å². The van der Waals surface area contributed by atoms with Gasteiger partial charge in [0.15, 0.2) is 0 Å². The fraction of sp³-hybridized carbons (Fsp3) is 0.455. The van der Waals surface area contributed by atoms with Crippen molar-refractivity contribution in [3.8, 4) is 0 Å². The zero-order valence-electron chi connectivity index (χ0n) is 10.2. The lowest BCUT2D eigenvalue weighted by Crippen LogP contribution is -2.19. The van der Waals surface area contributed by atoms with Gasteiger partial charge in [0.1, 0.15) is 5.82 Å². The molecule has 0 aromatic carbocycles. The van der Waals surface area contributed by atoms with Crippen molar-refractivity contribution in [1.82, 2.24) is 19.3 Å². The Morgan fingerprint density at radius 1 is 1.47 bits per heavy atom. The van der Waals surface area contributed by atoms with Crippen molar-refractivity contribution in [2.45, 2.75) is 19.4 Å². The number of rotatable bonds is 3. The van der Waals surface area contributed by atoms with Gasteiger partial charge in [-0.3, -0.25) is 4.68 Å². The van der Waals surface area contributed by atoms with Crippen molar-refractivity contribution in [3.05, 3.63) is 34.6 Å². The topological polar surface area (TPSA) is 61.7 Å². The number of nitrogens with two attached hydrogens (primary N) is 1. The van der Waals surface area contributed by atoms with E-state index in [-0.39, 0.29) is 6.04 Å². The molecule has 2 aromatic rings. The number of aryl methyl sites for hydroxylation is 3. The number of aromatic nitrogens is 4. The predicted molar refractivity (Wildman–Crippen MR) is 66.8 cm³/mol. The Morgan fingerprint density at radius 3 is 2.65 bits per heavy atom. The number of hydrogen-bond acceptors (Lipinski definition) is 3. The molecule has 2 heterocycles. The van der Waals surface area contributed by atoms with E-state index in [9.17, 15) is 0 Å². The Labute approximate surface area is 105 Å². The maximum atomic E-state index is 6.19. The van der Waals surface area contributed by atoms with Crippen molar-refractivity contribution in [2.24, 2.45) is 19.8 Å². The molecule has 0 bridgehead atoms. The predicted octanol–water partition coefficient (Wildman–Crippen LogP) is 1.36. The molecule has 0 radical (unpaired) electrons. The van der Waals surface area contributed by atoms with E-state index in [1.165, 1.54) is 0 Å². The summed E-state index contributed by atoms with van der Waals surface area (Å²) in [5, 5.41) is 4.96. The van der Waals surface area contributed by atoms with Crippen molar-refractivity contribution in [2.75, 3.05) is 0 Å². The quantitative estimate of drug-likeness (QED) is 0.899. The molecular weight excluding hydrogens is 238 g/mol. The van der Waals surface area contributed by atoms with Crippen LogP contribution in [0.3, 0.4) is 0 Å². The molecule has 0 aliphatic rings. The molecule has 2 aromatic heterocycles. The van der Waals surface area contributed by atoms with Crippen LogP contribution in [-0.2, 0) is 20.5 Å². The molecule has 5 nitrogen and oxygen atoms in total. The fourth-order valence-electron chi connectivity index (χ4n) is 1.94. The molecule has 2 N–H and O–H groups in total. The minimum Gasteiger partial charge on any atom is -0.337 e. The lowest BCUT2D eigenvalue weighted by Gasteiger charge is -2.12. The van der Waals surface area contributed by atoms with Crippen LogP contribution in [0.2, 0.25) is 5.02 Å². The highest BCUT2D eigenvalue weighted by Crippen LogP contribution is 2.23. The summed E-state index contributed by atoms with van der Waals surface area (Å²) in [7, 11) is 3.80. The Bertz CT molecular complexity index is 528. The third-order valence-corrected chi connectivity index (χ3v) is 3.36. The summed E-state index contributed by atoms with van der Waals surface area (Å²) in [5.41, 5.74) is 7.91. The smallest absolute Gasteiger partial charge is 0.125 e. The maximum Gasteiger partial charge on any atom is 0.125 e. The van der Waals surface area contributed by atoms with Crippen LogP contribution in [-0.4, -0.2) is 19.3 Å². The third-order valence-electron chi connectivity index (χ3n) is 2.86. The summed E-state index contributed by atoms with van der Waals surface area (Å²) >= 11 is 6.19. The molecule has 1 atom stereocenters. The first-order chi connectivity index (χ1) is 8.00. The molecule has 1 unspecified atom stereocenters. The summed E-state index contributed by atoms with van der Waals surface area (Å²) in [6, 6.07) is -0.178. The summed E-state index contributed by atoms with van der Waals surface area (Å²) in [4.78, 5) is 4.24. The molecule has 0 saturated heterocycles. The van der Waals surface area contributed by atoms with Crippen LogP contribution in [0.4, 0.5) is 0 Å². The molecular formula is C11H16ClN5. The van der Waals surface area contributed by atoms with Gasteiger partial charge in [0, 0.05) is 32.9 Å². The Hall–Kier alpha value is -1.33. The molecule has 0 spiro atoms. The van der Waals surface area contributed by atoms with Gasteiger partial charge >= 0.3 is 0 Å². The summed E-state index contributed by atoms with van der Waals surface area (Å²) in [6.45, 7) is 1.89. The number of halogens is 1. The standard InChI is InChI=1S/C11H16ClN5/c1-7-10(12)9(17(3)15-7)6-8(13)11-14-4-5-16(11)2/h4-5,8H,6,13H2,1-3H3. The van der Waals surface area contributed by atoms with E-state index in [1.54, 1.807) is 10.9 Å². The fourth-order valence-corrected chi connectivity index (χ4v) is 2.17. The maximum absolute atomic E-state index is 6.19. The molecule has 92 valence electrons. The van der Waals surface area contributed by atoms with Gasteiger partial charge in [-0.2, -0.15) is 5.10 Å². The van der Waals surface area contributed by atoms with Crippen LogP contribution in [0.15, 0.2) is 12.4 Å². The van der Waals surface area contributed by atoms with Crippen LogP contribution in [0.25, 0.3) is 0 Å². The van der Waals surface area contributed by atoms with E-state index in [4.69, 9.17) is 17.3 Å². The van der Waals surface area contributed by atoms with Gasteiger partial charge < -0.3 is 10.3 Å². The zero-order valence-corrected chi connectivity index (χ0v) is 10.9. The van der Waals surface area contributed by atoms with Gasteiger partial charge in [0.2, 0.25) is 0 Å². The summed E-state index contributed by atoms with van der Waals surface area (Å²) < 4.78 is 3.70. The normalized spacial score (nSPS) is 13.0. The molecule has 0 amide bonds. The van der Waals surface area contributed by atoms with E-state index in [0.717, 1.165) is 17.2 Å². The number of hydrogen-bond donors (Lipinski definition) is 1. The van der Waals surface area contributed by atoms with Gasteiger partial charge in [-0.15, -0.1) is 0 Å². The van der Waals surface area contributed by atoms with Gasteiger partial charge in [-0.05, 0) is 6.92 Å². The largest absolute Gasteiger partial charge is 0.337 e. The highest BCUT2D eigenvalue weighted by atomic mass is 35.5. The second-order valence-corrected chi connectivity index (χ2v) is 4.55. The van der Waals surface area contributed by atoms with E-state index >= 15 is 0 Å². The summed E-state index contributed by atoms with van der Waals surface area (Å²) in [5.74, 6) is 0.847. The second kappa shape index (κ2) is 4.50. The van der Waals surface area contributed by atoms with Crippen molar-refractivity contribution in [1.29, 1.82) is 0 Å². The molecule has 0 aliphatic carbocycles. The highest BCUT2D eigenvalue weighted by Gasteiger charge is 2.17. The Morgan fingerprint density at radius 2 is 2.18 bits per heavy atom. The number of imidazole rings is 1.